The Morgan fingerprint density at radius 2 is 1.79 bits per heavy atom. The fraction of sp³-hybridized carbons (Fsp3) is 0.280. The molecule has 0 bridgehead atoms. The van der Waals surface area contributed by atoms with Crippen LogP contribution in [0.2, 0.25) is 0 Å². The number of hydrogen-bond acceptors (Lipinski definition) is 6. The second-order valence-electron chi connectivity index (χ2n) is 8.31. The van der Waals surface area contributed by atoms with Crippen molar-refractivity contribution in [2.24, 2.45) is 7.05 Å². The van der Waals surface area contributed by atoms with Crippen molar-refractivity contribution in [1.29, 1.82) is 0 Å². The number of fused-ring (bicyclic) bond motifs is 1. The fourth-order valence-corrected chi connectivity index (χ4v) is 5.32. The zero-order chi connectivity index (χ0) is 22.9. The standard InChI is InChI=1S/C25H25N5O2S/c1-16(17-10-5-3-6-11-17)26-22(31)19-14-9-15-30(19)25-27-20-23(33-25)28-21(29(2)24(20)32)18-12-7-4-8-13-18/h3-8,10-13,16,19H,9,14-15H2,1-2H3,(H,26,31)/t16-,19?/m1/s1. The summed E-state index contributed by atoms with van der Waals surface area (Å²) in [7, 11) is 1.72. The first-order valence-corrected chi connectivity index (χ1v) is 11.9. The molecule has 1 fully saturated rings. The number of hydrogen-bond donors (Lipinski definition) is 1. The van der Waals surface area contributed by atoms with Crippen LogP contribution in [0.1, 0.15) is 31.4 Å². The minimum absolute atomic E-state index is 0.0195. The van der Waals surface area contributed by atoms with Crippen LogP contribution in [0, 0.1) is 0 Å². The molecule has 2 aromatic carbocycles. The van der Waals surface area contributed by atoms with Crippen molar-refractivity contribution in [3.05, 3.63) is 76.6 Å². The lowest BCUT2D eigenvalue weighted by Crippen LogP contribution is -2.44. The van der Waals surface area contributed by atoms with Crippen LogP contribution in [-0.4, -0.2) is 33.0 Å². The molecule has 0 spiro atoms. The van der Waals surface area contributed by atoms with Crippen LogP contribution in [0.3, 0.4) is 0 Å². The van der Waals surface area contributed by atoms with Gasteiger partial charge < -0.3 is 10.2 Å². The van der Waals surface area contributed by atoms with E-state index in [-0.39, 0.29) is 23.6 Å². The first-order valence-electron chi connectivity index (χ1n) is 11.1. The van der Waals surface area contributed by atoms with Crippen LogP contribution >= 0.6 is 11.3 Å². The largest absolute Gasteiger partial charge is 0.348 e. The van der Waals surface area contributed by atoms with Crippen LogP contribution in [0.25, 0.3) is 21.7 Å². The van der Waals surface area contributed by atoms with Gasteiger partial charge >= 0.3 is 0 Å². The van der Waals surface area contributed by atoms with Gasteiger partial charge in [0.25, 0.3) is 5.56 Å². The quantitative estimate of drug-likeness (QED) is 0.490. The third-order valence-corrected chi connectivity index (χ3v) is 7.11. The minimum atomic E-state index is -0.311. The minimum Gasteiger partial charge on any atom is -0.348 e. The van der Waals surface area contributed by atoms with Crippen molar-refractivity contribution in [3.63, 3.8) is 0 Å². The second kappa shape index (κ2) is 8.78. The molecule has 1 saturated heterocycles. The number of rotatable bonds is 5. The van der Waals surface area contributed by atoms with Gasteiger partial charge in [0.05, 0.1) is 6.04 Å². The summed E-state index contributed by atoms with van der Waals surface area (Å²) in [6, 6.07) is 19.2. The van der Waals surface area contributed by atoms with E-state index in [0.717, 1.165) is 30.5 Å². The summed E-state index contributed by atoms with van der Waals surface area (Å²) in [5.41, 5.74) is 2.11. The normalized spacial score (nSPS) is 16.8. The highest BCUT2D eigenvalue weighted by Crippen LogP contribution is 2.32. The molecule has 1 amide bonds. The van der Waals surface area contributed by atoms with E-state index in [2.05, 4.69) is 10.3 Å². The Hall–Kier alpha value is -3.52. The molecule has 1 aliphatic rings. The Bertz CT molecular complexity index is 1350. The van der Waals surface area contributed by atoms with Crippen LogP contribution in [-0.2, 0) is 11.8 Å². The SMILES string of the molecule is C[C@@H](NC(=O)C1CCCN1c1nc2c(=O)n(C)c(-c3ccccc3)nc2s1)c1ccccc1. The number of amides is 1. The van der Waals surface area contributed by atoms with Gasteiger partial charge in [0.1, 0.15) is 11.9 Å². The van der Waals surface area contributed by atoms with Gasteiger partial charge in [-0.1, -0.05) is 72.0 Å². The number of thiazole rings is 1. The summed E-state index contributed by atoms with van der Waals surface area (Å²) in [5.74, 6) is 0.588. The molecule has 1 N–H and O–H groups in total. The monoisotopic (exact) mass is 459 g/mol. The van der Waals surface area contributed by atoms with Crippen molar-refractivity contribution in [2.45, 2.75) is 31.8 Å². The second-order valence-corrected chi connectivity index (χ2v) is 9.26. The fourth-order valence-electron chi connectivity index (χ4n) is 4.31. The number of nitrogens with one attached hydrogen (secondary N) is 1. The lowest BCUT2D eigenvalue weighted by Gasteiger charge is -2.25. The number of carbonyl (C=O) groups is 1. The smallest absolute Gasteiger partial charge is 0.281 e. The highest BCUT2D eigenvalue weighted by Gasteiger charge is 2.34. The molecular formula is C25H25N5O2S. The molecule has 7 nitrogen and oxygen atoms in total. The Balaban J connectivity index is 1.44. The van der Waals surface area contributed by atoms with Crippen LogP contribution < -0.4 is 15.8 Å². The molecule has 0 saturated carbocycles. The van der Waals surface area contributed by atoms with Crippen LogP contribution in [0.4, 0.5) is 5.13 Å². The van der Waals surface area contributed by atoms with Gasteiger partial charge in [0.2, 0.25) is 5.91 Å². The number of aromatic nitrogens is 3. The van der Waals surface area contributed by atoms with Gasteiger partial charge in [-0.2, -0.15) is 0 Å². The van der Waals surface area contributed by atoms with E-state index in [9.17, 15) is 9.59 Å². The maximum Gasteiger partial charge on any atom is 0.281 e. The maximum atomic E-state index is 13.1. The van der Waals surface area contributed by atoms with Gasteiger partial charge in [-0.3, -0.25) is 14.2 Å². The van der Waals surface area contributed by atoms with E-state index in [1.807, 2.05) is 72.5 Å². The van der Waals surface area contributed by atoms with Crippen LogP contribution in [0.15, 0.2) is 65.5 Å². The molecule has 5 rings (SSSR count). The highest BCUT2D eigenvalue weighted by molar-refractivity contribution is 7.21. The summed E-state index contributed by atoms with van der Waals surface area (Å²) in [5, 5.41) is 3.81. The van der Waals surface area contributed by atoms with Gasteiger partial charge in [-0.25, -0.2) is 9.97 Å². The van der Waals surface area contributed by atoms with Crippen molar-refractivity contribution < 1.29 is 4.79 Å². The van der Waals surface area contributed by atoms with Crippen molar-refractivity contribution in [1.82, 2.24) is 19.9 Å². The van der Waals surface area contributed by atoms with E-state index in [0.29, 0.717) is 21.3 Å². The predicted octanol–water partition coefficient (Wildman–Crippen LogP) is 3.90. The third kappa shape index (κ3) is 4.02. The van der Waals surface area contributed by atoms with E-state index in [4.69, 9.17) is 4.98 Å². The molecule has 2 atom stereocenters. The number of anilines is 1. The summed E-state index contributed by atoms with van der Waals surface area (Å²) < 4.78 is 1.54. The molecule has 0 radical (unpaired) electrons. The first kappa shape index (κ1) is 21.3. The number of benzene rings is 2. The van der Waals surface area contributed by atoms with Crippen molar-refractivity contribution in [2.75, 3.05) is 11.4 Å². The maximum absolute atomic E-state index is 13.1. The number of carbonyl (C=O) groups excluding carboxylic acids is 1. The molecule has 0 aliphatic carbocycles. The molecular weight excluding hydrogens is 434 g/mol. The zero-order valence-electron chi connectivity index (χ0n) is 18.6. The Morgan fingerprint density at radius 1 is 1.09 bits per heavy atom. The summed E-state index contributed by atoms with van der Waals surface area (Å²) in [4.78, 5) is 38.2. The van der Waals surface area contributed by atoms with Crippen molar-refractivity contribution >= 4 is 32.7 Å². The topological polar surface area (TPSA) is 80.1 Å². The zero-order valence-corrected chi connectivity index (χ0v) is 19.4. The average Bonchev–Trinajstić information content (AvgIpc) is 3.50. The molecule has 168 valence electrons. The molecule has 33 heavy (non-hydrogen) atoms. The molecule has 1 unspecified atom stereocenters. The van der Waals surface area contributed by atoms with Gasteiger partial charge in [-0.05, 0) is 25.3 Å². The average molecular weight is 460 g/mol. The highest BCUT2D eigenvalue weighted by atomic mass is 32.1. The first-order chi connectivity index (χ1) is 16.0. The Morgan fingerprint density at radius 3 is 2.52 bits per heavy atom. The third-order valence-electron chi connectivity index (χ3n) is 6.12. The lowest BCUT2D eigenvalue weighted by atomic mass is 10.1. The summed E-state index contributed by atoms with van der Waals surface area (Å²) in [6.07, 6.45) is 1.65. The van der Waals surface area contributed by atoms with E-state index >= 15 is 0 Å². The van der Waals surface area contributed by atoms with E-state index < -0.39 is 0 Å². The van der Waals surface area contributed by atoms with Crippen molar-refractivity contribution in [3.8, 4) is 11.4 Å². The summed E-state index contributed by atoms with van der Waals surface area (Å²) >= 11 is 1.37. The molecule has 2 aromatic heterocycles. The van der Waals surface area contributed by atoms with Gasteiger partial charge in [-0.15, -0.1) is 0 Å². The van der Waals surface area contributed by atoms with E-state index in [1.54, 1.807) is 7.05 Å². The number of nitrogens with zero attached hydrogens (tertiary/aromatic N) is 4. The molecule has 8 heteroatoms. The molecule has 4 aromatic rings. The molecule has 3 heterocycles. The summed E-state index contributed by atoms with van der Waals surface area (Å²) in [6.45, 7) is 2.71. The predicted molar refractivity (Wildman–Crippen MR) is 131 cm³/mol. The molecule has 1 aliphatic heterocycles. The van der Waals surface area contributed by atoms with E-state index in [1.165, 1.54) is 15.9 Å². The lowest BCUT2D eigenvalue weighted by molar-refractivity contribution is -0.122. The Labute approximate surface area is 195 Å². The van der Waals surface area contributed by atoms with Gasteiger partial charge in [0.15, 0.2) is 15.5 Å². The Kier molecular flexibility index (Phi) is 5.68. The van der Waals surface area contributed by atoms with Crippen LogP contribution in [0.5, 0.6) is 0 Å². The van der Waals surface area contributed by atoms with Gasteiger partial charge in [0, 0.05) is 19.2 Å².